The maximum atomic E-state index is 13.4. The van der Waals surface area contributed by atoms with Gasteiger partial charge in [-0.1, -0.05) is 6.07 Å². The van der Waals surface area contributed by atoms with E-state index in [1.54, 1.807) is 19.1 Å². The van der Waals surface area contributed by atoms with Crippen molar-refractivity contribution in [1.29, 1.82) is 0 Å². The molecule has 2 nitrogen and oxygen atoms in total. The zero-order valence-corrected chi connectivity index (χ0v) is 10.3. The Morgan fingerprint density at radius 2 is 1.45 bits per heavy atom. The third-order valence-corrected chi connectivity index (χ3v) is 2.65. The van der Waals surface area contributed by atoms with Gasteiger partial charge in [0.25, 0.3) is 0 Å². The van der Waals surface area contributed by atoms with Gasteiger partial charge in [-0.15, -0.1) is 0 Å². The molecule has 0 radical (unpaired) electrons. The molecule has 0 aliphatic carbocycles. The van der Waals surface area contributed by atoms with Crippen molar-refractivity contribution in [2.24, 2.45) is 0 Å². The first-order chi connectivity index (χ1) is 9.41. The van der Waals surface area contributed by atoms with Gasteiger partial charge < -0.3 is 5.32 Å². The average molecular weight is 288 g/mol. The summed E-state index contributed by atoms with van der Waals surface area (Å²) in [5.74, 6) is -9.91. The van der Waals surface area contributed by atoms with Crippen LogP contribution in [0.1, 0.15) is 11.3 Å². The van der Waals surface area contributed by atoms with E-state index in [2.05, 4.69) is 10.3 Å². The lowest BCUT2D eigenvalue weighted by Crippen LogP contribution is -2.10. The fourth-order valence-electron chi connectivity index (χ4n) is 1.55. The number of pyridine rings is 1. The molecule has 0 aliphatic heterocycles. The lowest BCUT2D eigenvalue weighted by atomic mass is 10.2. The summed E-state index contributed by atoms with van der Waals surface area (Å²) in [5.41, 5.74) is 0.228. The van der Waals surface area contributed by atoms with Gasteiger partial charge in [0.1, 0.15) is 5.69 Å². The molecule has 7 heteroatoms. The summed E-state index contributed by atoms with van der Waals surface area (Å²) < 4.78 is 65.5. The molecule has 2 aromatic rings. The van der Waals surface area contributed by atoms with Crippen LogP contribution in [0.2, 0.25) is 0 Å². The zero-order chi connectivity index (χ0) is 14.9. The molecule has 106 valence electrons. The number of halogens is 5. The molecule has 0 spiro atoms. The molecule has 20 heavy (non-hydrogen) atoms. The minimum absolute atomic E-state index is 0.119. The van der Waals surface area contributed by atoms with Crippen molar-refractivity contribution >= 4 is 5.69 Å². The Morgan fingerprint density at radius 3 is 1.95 bits per heavy atom. The predicted molar refractivity (Wildman–Crippen MR) is 62.5 cm³/mol. The number of aryl methyl sites for hydroxylation is 1. The molecular weight excluding hydrogens is 279 g/mol. The normalized spacial score (nSPS) is 10.7. The Labute approximate surface area is 111 Å². The SMILES string of the molecule is Cc1ccc(CNc2c(F)c(F)c(F)c(F)c2F)cn1. The van der Waals surface area contributed by atoms with Crippen LogP contribution in [-0.2, 0) is 6.54 Å². The molecule has 1 heterocycles. The van der Waals surface area contributed by atoms with Crippen molar-refractivity contribution < 1.29 is 22.0 Å². The Bertz CT molecular complexity index is 611. The molecule has 1 aromatic carbocycles. The average Bonchev–Trinajstić information content (AvgIpc) is 2.45. The van der Waals surface area contributed by atoms with Crippen molar-refractivity contribution in [3.63, 3.8) is 0 Å². The topological polar surface area (TPSA) is 24.9 Å². The molecule has 2 rings (SSSR count). The number of nitrogens with zero attached hydrogens (tertiary/aromatic N) is 1. The fraction of sp³-hybridized carbons (Fsp3) is 0.154. The van der Waals surface area contributed by atoms with E-state index in [1.807, 2.05) is 0 Å². The number of rotatable bonds is 3. The van der Waals surface area contributed by atoms with Crippen LogP contribution in [0.3, 0.4) is 0 Å². The highest BCUT2D eigenvalue weighted by Crippen LogP contribution is 2.27. The van der Waals surface area contributed by atoms with Gasteiger partial charge in [-0.3, -0.25) is 4.98 Å². The number of benzene rings is 1. The molecule has 0 bridgehead atoms. The summed E-state index contributed by atoms with van der Waals surface area (Å²) in [6.07, 6.45) is 1.44. The minimum Gasteiger partial charge on any atom is -0.376 e. The highest BCUT2D eigenvalue weighted by atomic mass is 19.2. The number of hydrogen-bond acceptors (Lipinski definition) is 2. The van der Waals surface area contributed by atoms with Gasteiger partial charge in [-0.2, -0.15) is 0 Å². The second-order valence-electron chi connectivity index (χ2n) is 4.11. The van der Waals surface area contributed by atoms with E-state index in [-0.39, 0.29) is 6.54 Å². The second kappa shape index (κ2) is 5.44. The van der Waals surface area contributed by atoms with E-state index in [0.29, 0.717) is 5.56 Å². The fourth-order valence-corrected chi connectivity index (χ4v) is 1.55. The third kappa shape index (κ3) is 2.56. The van der Waals surface area contributed by atoms with Crippen LogP contribution < -0.4 is 5.32 Å². The Kier molecular flexibility index (Phi) is 3.87. The highest BCUT2D eigenvalue weighted by Gasteiger charge is 2.25. The van der Waals surface area contributed by atoms with E-state index < -0.39 is 34.8 Å². The molecule has 0 amide bonds. The predicted octanol–water partition coefficient (Wildman–Crippen LogP) is 3.70. The summed E-state index contributed by atoms with van der Waals surface area (Å²) in [5, 5.41) is 2.19. The summed E-state index contributed by atoms with van der Waals surface area (Å²) in [6.45, 7) is 1.63. The maximum Gasteiger partial charge on any atom is 0.200 e. The number of aromatic nitrogens is 1. The van der Waals surface area contributed by atoms with Gasteiger partial charge in [-0.25, -0.2) is 22.0 Å². The van der Waals surface area contributed by atoms with Crippen LogP contribution in [-0.4, -0.2) is 4.98 Å². The lowest BCUT2D eigenvalue weighted by Gasteiger charge is -2.10. The van der Waals surface area contributed by atoms with E-state index in [4.69, 9.17) is 0 Å². The van der Waals surface area contributed by atoms with Crippen LogP contribution >= 0.6 is 0 Å². The molecular formula is C13H9F5N2. The van der Waals surface area contributed by atoms with E-state index in [1.165, 1.54) is 6.20 Å². The molecule has 0 unspecified atom stereocenters. The monoisotopic (exact) mass is 288 g/mol. The standard InChI is InChI=1S/C13H9F5N2/c1-6-2-3-7(4-19-6)5-20-13-11(17)9(15)8(14)10(16)12(13)18/h2-4,20H,5H2,1H3. The van der Waals surface area contributed by atoms with Crippen molar-refractivity contribution in [2.45, 2.75) is 13.5 Å². The van der Waals surface area contributed by atoms with Crippen LogP contribution in [0.15, 0.2) is 18.3 Å². The summed E-state index contributed by atoms with van der Waals surface area (Å²) >= 11 is 0. The molecule has 0 aliphatic rings. The zero-order valence-electron chi connectivity index (χ0n) is 10.3. The quantitative estimate of drug-likeness (QED) is 0.529. The Hall–Kier alpha value is -2.18. The Balaban J connectivity index is 2.28. The summed E-state index contributed by atoms with van der Waals surface area (Å²) in [6, 6.07) is 3.29. The van der Waals surface area contributed by atoms with Gasteiger partial charge >= 0.3 is 0 Å². The molecule has 1 aromatic heterocycles. The van der Waals surface area contributed by atoms with E-state index in [9.17, 15) is 22.0 Å². The minimum atomic E-state index is -2.18. The Morgan fingerprint density at radius 1 is 0.900 bits per heavy atom. The van der Waals surface area contributed by atoms with Crippen LogP contribution in [0, 0.1) is 36.0 Å². The molecule has 0 saturated heterocycles. The van der Waals surface area contributed by atoms with Crippen molar-refractivity contribution in [3.8, 4) is 0 Å². The number of nitrogens with one attached hydrogen (secondary N) is 1. The maximum absolute atomic E-state index is 13.4. The highest BCUT2D eigenvalue weighted by molar-refractivity contribution is 5.48. The first-order valence-corrected chi connectivity index (χ1v) is 5.58. The summed E-state index contributed by atoms with van der Waals surface area (Å²) in [4.78, 5) is 3.95. The second-order valence-corrected chi connectivity index (χ2v) is 4.11. The summed E-state index contributed by atoms with van der Waals surface area (Å²) in [7, 11) is 0. The number of hydrogen-bond donors (Lipinski definition) is 1. The van der Waals surface area contributed by atoms with E-state index in [0.717, 1.165) is 5.69 Å². The number of anilines is 1. The van der Waals surface area contributed by atoms with Gasteiger partial charge in [0.15, 0.2) is 23.3 Å². The largest absolute Gasteiger partial charge is 0.376 e. The molecule has 1 N–H and O–H groups in total. The molecule has 0 fully saturated rings. The first-order valence-electron chi connectivity index (χ1n) is 5.58. The third-order valence-electron chi connectivity index (χ3n) is 2.65. The van der Waals surface area contributed by atoms with E-state index >= 15 is 0 Å². The molecule has 0 saturated carbocycles. The molecule has 0 atom stereocenters. The first kappa shape index (κ1) is 14.2. The van der Waals surface area contributed by atoms with Gasteiger partial charge in [0.05, 0.1) is 0 Å². The van der Waals surface area contributed by atoms with Crippen LogP contribution in [0.4, 0.5) is 27.6 Å². The van der Waals surface area contributed by atoms with Gasteiger partial charge in [0, 0.05) is 18.4 Å². The smallest absolute Gasteiger partial charge is 0.200 e. The lowest BCUT2D eigenvalue weighted by molar-refractivity contribution is 0.381. The van der Waals surface area contributed by atoms with Gasteiger partial charge in [-0.05, 0) is 18.6 Å². The van der Waals surface area contributed by atoms with Crippen molar-refractivity contribution in [2.75, 3.05) is 5.32 Å². The van der Waals surface area contributed by atoms with Crippen molar-refractivity contribution in [1.82, 2.24) is 4.98 Å². The van der Waals surface area contributed by atoms with Gasteiger partial charge in [0.2, 0.25) is 5.82 Å². The van der Waals surface area contributed by atoms with Crippen molar-refractivity contribution in [3.05, 3.63) is 58.7 Å². The van der Waals surface area contributed by atoms with Crippen LogP contribution in [0.25, 0.3) is 0 Å². The van der Waals surface area contributed by atoms with Crippen LogP contribution in [0.5, 0.6) is 0 Å².